The first-order chi connectivity index (χ1) is 14.0. The minimum absolute atomic E-state index is 0.240. The Hall–Kier alpha value is -2.09. The van der Waals surface area contributed by atoms with E-state index in [0.717, 1.165) is 50.2 Å². The van der Waals surface area contributed by atoms with Crippen molar-refractivity contribution < 1.29 is 9.21 Å². The number of halogens is 1. The number of carbonyl (C=O) groups excluding carboxylic acids is 1. The second kappa shape index (κ2) is 12.5. The third-order valence-electron chi connectivity index (χ3n) is 4.29. The summed E-state index contributed by atoms with van der Waals surface area (Å²) in [6.45, 7) is 7.14. The number of furan rings is 1. The number of thiocarbonyl (C=S) groups is 1. The quantitative estimate of drug-likeness (QED) is 0.361. The van der Waals surface area contributed by atoms with Crippen molar-refractivity contribution in [1.29, 1.82) is 0 Å². The van der Waals surface area contributed by atoms with Gasteiger partial charge in [0.2, 0.25) is 0 Å². The molecule has 1 heterocycles. The first-order valence-corrected chi connectivity index (χ1v) is 10.7. The van der Waals surface area contributed by atoms with E-state index >= 15 is 0 Å². The highest BCUT2D eigenvalue weighted by atomic mass is 35.5. The molecule has 1 aromatic carbocycles. The van der Waals surface area contributed by atoms with Gasteiger partial charge < -0.3 is 9.73 Å². The molecule has 0 radical (unpaired) electrons. The highest BCUT2D eigenvalue weighted by Crippen LogP contribution is 2.15. The molecule has 0 spiro atoms. The zero-order valence-electron chi connectivity index (χ0n) is 17.0. The Bertz CT molecular complexity index is 788. The number of amides is 1. The lowest BCUT2D eigenvalue weighted by molar-refractivity contribution is 0.0912. The Labute approximate surface area is 183 Å². The number of rotatable bonds is 10. The Balaban J connectivity index is 1.83. The summed E-state index contributed by atoms with van der Waals surface area (Å²) in [5.74, 6) is 0.631. The topological polar surface area (TPSA) is 69.5 Å². The van der Waals surface area contributed by atoms with Gasteiger partial charge in [-0.1, -0.05) is 44.4 Å². The predicted octanol–water partition coefficient (Wildman–Crippen LogP) is 4.97. The molecule has 0 aliphatic carbocycles. The second-order valence-corrected chi connectivity index (χ2v) is 7.64. The summed E-state index contributed by atoms with van der Waals surface area (Å²) in [7, 11) is 0. The maximum Gasteiger partial charge on any atom is 0.305 e. The normalized spacial score (nSPS) is 10.8. The van der Waals surface area contributed by atoms with Gasteiger partial charge in [-0.05, 0) is 68.5 Å². The highest BCUT2D eigenvalue weighted by molar-refractivity contribution is 7.80. The van der Waals surface area contributed by atoms with Crippen molar-refractivity contribution in [2.45, 2.75) is 46.1 Å². The number of carbonyl (C=O) groups is 1. The number of nitrogens with zero attached hydrogens (tertiary/aromatic N) is 1. The molecule has 0 saturated carbocycles. The van der Waals surface area contributed by atoms with E-state index in [1.807, 2.05) is 12.1 Å². The number of anilines is 1. The first kappa shape index (κ1) is 23.2. The molecule has 0 unspecified atom stereocenters. The molecule has 3 N–H and O–H groups in total. The molecule has 1 amide bonds. The second-order valence-electron chi connectivity index (χ2n) is 6.79. The maximum absolute atomic E-state index is 12.3. The van der Waals surface area contributed by atoms with Crippen molar-refractivity contribution in [2.75, 3.05) is 18.4 Å². The van der Waals surface area contributed by atoms with Crippen LogP contribution in [0.4, 0.5) is 5.69 Å². The lowest BCUT2D eigenvalue weighted by atomic mass is 10.2. The van der Waals surface area contributed by atoms with Gasteiger partial charge in [0.15, 0.2) is 10.9 Å². The molecule has 158 valence electrons. The fraction of sp³-hybridized carbons (Fsp3) is 0.429. The third-order valence-corrected chi connectivity index (χ3v) is 4.73. The maximum atomic E-state index is 12.3. The monoisotopic (exact) mass is 436 g/mol. The summed E-state index contributed by atoms with van der Waals surface area (Å²) in [6, 6.07) is 10.7. The van der Waals surface area contributed by atoms with Crippen LogP contribution >= 0.6 is 23.8 Å². The molecule has 0 aliphatic heterocycles. The van der Waals surface area contributed by atoms with Crippen molar-refractivity contribution in [3.05, 3.63) is 52.9 Å². The van der Waals surface area contributed by atoms with E-state index in [1.165, 1.54) is 0 Å². The van der Waals surface area contributed by atoms with Crippen LogP contribution in [0, 0.1) is 0 Å². The fourth-order valence-electron chi connectivity index (χ4n) is 2.74. The Morgan fingerprint density at radius 1 is 1.10 bits per heavy atom. The number of unbranched alkanes of at least 4 members (excludes halogenated alkanes) is 2. The summed E-state index contributed by atoms with van der Waals surface area (Å²) < 4.78 is 5.73. The zero-order valence-corrected chi connectivity index (χ0v) is 18.5. The van der Waals surface area contributed by atoms with Crippen molar-refractivity contribution in [3.8, 4) is 0 Å². The molecule has 1 aromatic heterocycles. The van der Waals surface area contributed by atoms with Crippen LogP contribution in [-0.2, 0) is 6.54 Å². The van der Waals surface area contributed by atoms with Crippen LogP contribution in [-0.4, -0.2) is 29.0 Å². The molecule has 2 rings (SSSR count). The smallest absolute Gasteiger partial charge is 0.305 e. The van der Waals surface area contributed by atoms with Crippen LogP contribution in [0.5, 0.6) is 0 Å². The summed E-state index contributed by atoms with van der Waals surface area (Å²) >= 11 is 11.1. The van der Waals surface area contributed by atoms with Gasteiger partial charge in [-0.25, -0.2) is 0 Å². The molecule has 0 aliphatic rings. The van der Waals surface area contributed by atoms with Gasteiger partial charge in [0.05, 0.1) is 6.54 Å². The van der Waals surface area contributed by atoms with Crippen molar-refractivity contribution in [1.82, 2.24) is 15.8 Å². The number of hydrogen-bond acceptors (Lipinski definition) is 4. The number of hydrogen-bond donors (Lipinski definition) is 3. The van der Waals surface area contributed by atoms with E-state index in [0.29, 0.717) is 11.6 Å². The van der Waals surface area contributed by atoms with Gasteiger partial charge in [-0.3, -0.25) is 20.5 Å². The van der Waals surface area contributed by atoms with Crippen LogP contribution in [0.15, 0.2) is 40.8 Å². The van der Waals surface area contributed by atoms with Gasteiger partial charge >= 0.3 is 5.91 Å². The standard InChI is InChI=1S/C21H29ClN4O2S/c1-3-5-12-26(13-6-4-2)15-18-10-11-19(28-18)20(27)24-25-21(29)23-17-9-7-8-16(22)14-17/h7-11,14H,3-6,12-13,15H2,1-2H3,(H,24,27)(H2,23,25,29). The zero-order chi connectivity index (χ0) is 21.1. The lowest BCUT2D eigenvalue weighted by Gasteiger charge is -2.20. The molecule has 29 heavy (non-hydrogen) atoms. The van der Waals surface area contributed by atoms with Crippen molar-refractivity contribution in [3.63, 3.8) is 0 Å². The molecule has 0 atom stereocenters. The summed E-state index contributed by atoms with van der Waals surface area (Å²) in [5.41, 5.74) is 5.92. The summed E-state index contributed by atoms with van der Waals surface area (Å²) in [5, 5.41) is 3.79. The van der Waals surface area contributed by atoms with Crippen molar-refractivity contribution >= 4 is 40.5 Å². The molecule has 0 bridgehead atoms. The SMILES string of the molecule is CCCCN(CCCC)Cc1ccc(C(=O)NNC(=S)Nc2cccc(Cl)c2)o1. The average molecular weight is 437 g/mol. The Morgan fingerprint density at radius 2 is 1.83 bits per heavy atom. The van der Waals surface area contributed by atoms with Crippen LogP contribution in [0.1, 0.15) is 55.8 Å². The summed E-state index contributed by atoms with van der Waals surface area (Å²) in [6.07, 6.45) is 4.62. The fourth-order valence-corrected chi connectivity index (χ4v) is 3.10. The van der Waals surface area contributed by atoms with E-state index in [9.17, 15) is 4.79 Å². The van der Waals surface area contributed by atoms with E-state index in [4.69, 9.17) is 28.2 Å². The highest BCUT2D eigenvalue weighted by Gasteiger charge is 2.14. The van der Waals surface area contributed by atoms with E-state index in [-0.39, 0.29) is 16.8 Å². The molecule has 0 saturated heterocycles. The number of benzene rings is 1. The molecule has 2 aromatic rings. The van der Waals surface area contributed by atoms with Crippen LogP contribution in [0.2, 0.25) is 5.02 Å². The molecular weight excluding hydrogens is 408 g/mol. The lowest BCUT2D eigenvalue weighted by Crippen LogP contribution is -2.43. The van der Waals surface area contributed by atoms with E-state index in [2.05, 4.69) is 34.9 Å². The Morgan fingerprint density at radius 3 is 2.48 bits per heavy atom. The van der Waals surface area contributed by atoms with Gasteiger partial charge in [-0.15, -0.1) is 0 Å². The minimum atomic E-state index is -0.389. The predicted molar refractivity (Wildman–Crippen MR) is 122 cm³/mol. The van der Waals surface area contributed by atoms with Gasteiger partial charge in [0.1, 0.15) is 5.76 Å². The van der Waals surface area contributed by atoms with Crippen LogP contribution in [0.25, 0.3) is 0 Å². The molecular formula is C21H29ClN4O2S. The molecule has 0 fully saturated rings. The summed E-state index contributed by atoms with van der Waals surface area (Å²) in [4.78, 5) is 14.7. The third kappa shape index (κ3) is 8.43. The largest absolute Gasteiger partial charge is 0.454 e. The Kier molecular flexibility index (Phi) is 9.97. The number of nitrogens with one attached hydrogen (secondary N) is 3. The minimum Gasteiger partial charge on any atom is -0.454 e. The average Bonchev–Trinajstić information content (AvgIpc) is 3.17. The van der Waals surface area contributed by atoms with Crippen LogP contribution < -0.4 is 16.2 Å². The van der Waals surface area contributed by atoms with Gasteiger partial charge in [0, 0.05) is 10.7 Å². The van der Waals surface area contributed by atoms with Crippen molar-refractivity contribution in [2.24, 2.45) is 0 Å². The van der Waals surface area contributed by atoms with E-state index in [1.54, 1.807) is 24.3 Å². The first-order valence-electron chi connectivity index (χ1n) is 9.95. The van der Waals surface area contributed by atoms with Gasteiger partial charge in [-0.2, -0.15) is 0 Å². The van der Waals surface area contributed by atoms with Crippen LogP contribution in [0.3, 0.4) is 0 Å². The molecule has 6 nitrogen and oxygen atoms in total. The number of hydrazine groups is 1. The van der Waals surface area contributed by atoms with Gasteiger partial charge in [0.25, 0.3) is 0 Å². The molecule has 8 heteroatoms. The van der Waals surface area contributed by atoms with E-state index < -0.39 is 0 Å².